The number of nitrogens with zero attached hydrogens (tertiary/aromatic N) is 4. The monoisotopic (exact) mass is 450 g/mol. The van der Waals surface area contributed by atoms with Gasteiger partial charge < -0.3 is 8.98 Å². The minimum absolute atomic E-state index is 0.113. The van der Waals surface area contributed by atoms with Crippen LogP contribution in [0.2, 0.25) is 0 Å². The van der Waals surface area contributed by atoms with Crippen molar-refractivity contribution in [2.45, 2.75) is 35.8 Å². The largest absolute Gasteiger partial charge is 0.453 e. The average molecular weight is 450 g/mol. The number of benzene rings is 1. The number of carbonyl (C=O) groups excluding carboxylic acids is 1. The summed E-state index contributed by atoms with van der Waals surface area (Å²) in [4.78, 5) is 15.0. The molecule has 4 rings (SSSR count). The highest BCUT2D eigenvalue weighted by Gasteiger charge is 2.32. The van der Waals surface area contributed by atoms with Gasteiger partial charge in [-0.05, 0) is 55.4 Å². The van der Waals surface area contributed by atoms with Gasteiger partial charge in [-0.1, -0.05) is 12.1 Å². The van der Waals surface area contributed by atoms with Gasteiger partial charge in [0, 0.05) is 25.1 Å². The van der Waals surface area contributed by atoms with E-state index in [9.17, 15) is 18.0 Å². The van der Waals surface area contributed by atoms with Crippen molar-refractivity contribution in [3.8, 4) is 0 Å². The molecule has 0 spiro atoms. The van der Waals surface area contributed by atoms with E-state index in [4.69, 9.17) is 4.42 Å². The molecule has 0 aliphatic carbocycles. The Balaban J connectivity index is 1.39. The highest BCUT2D eigenvalue weighted by atomic mass is 32.2. The van der Waals surface area contributed by atoms with Gasteiger partial charge in [-0.2, -0.15) is 13.2 Å². The van der Waals surface area contributed by atoms with Crippen LogP contribution in [0.1, 0.15) is 34.5 Å². The van der Waals surface area contributed by atoms with E-state index in [2.05, 4.69) is 15.1 Å². The van der Waals surface area contributed by atoms with Gasteiger partial charge in [-0.3, -0.25) is 9.69 Å². The molecule has 1 aromatic carbocycles. The van der Waals surface area contributed by atoms with Crippen LogP contribution in [-0.4, -0.2) is 38.5 Å². The van der Waals surface area contributed by atoms with Crippen LogP contribution in [0.3, 0.4) is 0 Å². The van der Waals surface area contributed by atoms with Crippen molar-refractivity contribution >= 4 is 17.5 Å². The second-order valence-electron chi connectivity index (χ2n) is 7.56. The van der Waals surface area contributed by atoms with E-state index in [1.165, 1.54) is 23.9 Å². The maximum Gasteiger partial charge on any atom is 0.416 e. The fraction of sp³-hybridized carbons (Fsp3) is 0.381. The summed E-state index contributed by atoms with van der Waals surface area (Å²) in [5.41, 5.74) is -0.684. The van der Waals surface area contributed by atoms with Crippen LogP contribution in [0.4, 0.5) is 13.2 Å². The third-order valence-corrected chi connectivity index (χ3v) is 6.20. The van der Waals surface area contributed by atoms with Gasteiger partial charge in [-0.25, -0.2) is 0 Å². The quantitative estimate of drug-likeness (QED) is 0.509. The predicted octanol–water partition coefficient (Wildman–Crippen LogP) is 4.67. The molecular formula is C21H21F3N4O2S. The fourth-order valence-corrected chi connectivity index (χ4v) is 4.41. The number of alkyl halides is 3. The van der Waals surface area contributed by atoms with Crippen molar-refractivity contribution in [2.24, 2.45) is 13.0 Å². The van der Waals surface area contributed by atoms with Crippen LogP contribution in [-0.2, 0) is 19.8 Å². The zero-order chi connectivity index (χ0) is 22.0. The van der Waals surface area contributed by atoms with Crippen molar-refractivity contribution in [2.75, 3.05) is 13.1 Å². The van der Waals surface area contributed by atoms with Crippen molar-refractivity contribution in [3.63, 3.8) is 0 Å². The SMILES string of the molecule is Cn1cnnc1Sc1ccc(CN2CCC[C@@H](C(=O)c3cccc(C(F)(F)F)c3)C2)o1. The molecule has 164 valence electrons. The summed E-state index contributed by atoms with van der Waals surface area (Å²) in [6.07, 6.45) is -1.38. The van der Waals surface area contributed by atoms with E-state index >= 15 is 0 Å². The van der Waals surface area contributed by atoms with E-state index in [0.717, 1.165) is 30.9 Å². The number of carbonyl (C=O) groups is 1. The highest BCUT2D eigenvalue weighted by Crippen LogP contribution is 2.31. The Bertz CT molecular complexity index is 1060. The minimum atomic E-state index is -4.46. The number of ketones is 1. The van der Waals surface area contributed by atoms with Crippen LogP contribution >= 0.6 is 11.8 Å². The lowest BCUT2D eigenvalue weighted by atomic mass is 9.89. The molecule has 0 N–H and O–H groups in total. The Morgan fingerprint density at radius 1 is 1.29 bits per heavy atom. The Kier molecular flexibility index (Phi) is 6.19. The van der Waals surface area contributed by atoms with Gasteiger partial charge in [0.05, 0.1) is 12.1 Å². The van der Waals surface area contributed by atoms with Crippen molar-refractivity contribution in [1.29, 1.82) is 0 Å². The summed E-state index contributed by atoms with van der Waals surface area (Å²) in [6.45, 7) is 1.83. The molecule has 10 heteroatoms. The van der Waals surface area contributed by atoms with E-state index in [0.29, 0.717) is 29.8 Å². The molecule has 0 saturated carbocycles. The molecule has 1 fully saturated rings. The Labute approximate surface area is 181 Å². The molecule has 0 radical (unpaired) electrons. The second kappa shape index (κ2) is 8.88. The van der Waals surface area contributed by atoms with Gasteiger partial charge in [0.15, 0.2) is 16.0 Å². The number of aryl methyl sites for hydroxylation is 1. The number of halogens is 3. The lowest BCUT2D eigenvalue weighted by Crippen LogP contribution is -2.38. The first kappa shape index (κ1) is 21.6. The lowest BCUT2D eigenvalue weighted by Gasteiger charge is -2.31. The number of aromatic nitrogens is 3. The van der Waals surface area contributed by atoms with Crippen LogP contribution in [0.25, 0.3) is 0 Å². The Morgan fingerprint density at radius 2 is 2.13 bits per heavy atom. The zero-order valence-corrected chi connectivity index (χ0v) is 17.6. The molecule has 6 nitrogen and oxygen atoms in total. The van der Waals surface area contributed by atoms with Gasteiger partial charge >= 0.3 is 6.18 Å². The average Bonchev–Trinajstić information content (AvgIpc) is 3.36. The maximum absolute atomic E-state index is 13.0. The van der Waals surface area contributed by atoms with E-state index in [-0.39, 0.29) is 17.3 Å². The molecule has 1 atom stereocenters. The van der Waals surface area contributed by atoms with Gasteiger partial charge in [0.2, 0.25) is 0 Å². The van der Waals surface area contributed by atoms with E-state index < -0.39 is 11.7 Å². The van der Waals surface area contributed by atoms with Crippen LogP contribution in [0, 0.1) is 5.92 Å². The number of hydrogen-bond acceptors (Lipinski definition) is 6. The van der Waals surface area contributed by atoms with Gasteiger partial charge in [0.25, 0.3) is 0 Å². The number of rotatable bonds is 6. The van der Waals surface area contributed by atoms with E-state index in [1.54, 1.807) is 10.9 Å². The third-order valence-electron chi connectivity index (χ3n) is 5.23. The summed E-state index contributed by atoms with van der Waals surface area (Å²) in [5, 5.41) is 9.26. The molecule has 2 aromatic heterocycles. The summed E-state index contributed by atoms with van der Waals surface area (Å²) in [7, 11) is 1.85. The Morgan fingerprint density at radius 3 is 2.87 bits per heavy atom. The molecule has 3 heterocycles. The number of likely N-dealkylation sites (tertiary alicyclic amines) is 1. The van der Waals surface area contributed by atoms with Crippen molar-refractivity contribution < 1.29 is 22.4 Å². The lowest BCUT2D eigenvalue weighted by molar-refractivity contribution is -0.137. The summed E-state index contributed by atoms with van der Waals surface area (Å²) < 4.78 is 46.6. The molecule has 31 heavy (non-hydrogen) atoms. The summed E-state index contributed by atoms with van der Waals surface area (Å²) in [6, 6.07) is 8.43. The highest BCUT2D eigenvalue weighted by molar-refractivity contribution is 7.99. The third kappa shape index (κ3) is 5.19. The first-order chi connectivity index (χ1) is 14.8. The topological polar surface area (TPSA) is 64.2 Å². The van der Waals surface area contributed by atoms with Crippen LogP contribution in [0.5, 0.6) is 0 Å². The number of piperidine rings is 1. The Hall–Kier alpha value is -2.59. The van der Waals surface area contributed by atoms with Crippen LogP contribution < -0.4 is 0 Å². The molecule has 1 saturated heterocycles. The summed E-state index contributed by atoms with van der Waals surface area (Å²) >= 11 is 1.37. The van der Waals surface area contributed by atoms with Crippen molar-refractivity contribution in [1.82, 2.24) is 19.7 Å². The normalized spacial score (nSPS) is 17.7. The van der Waals surface area contributed by atoms with E-state index in [1.807, 2.05) is 19.2 Å². The maximum atomic E-state index is 13.0. The number of hydrogen-bond donors (Lipinski definition) is 0. The van der Waals surface area contributed by atoms with Gasteiger partial charge in [-0.15, -0.1) is 10.2 Å². The minimum Gasteiger partial charge on any atom is -0.453 e. The molecular weight excluding hydrogens is 429 g/mol. The first-order valence-corrected chi connectivity index (χ1v) is 10.7. The molecule has 3 aromatic rings. The first-order valence-electron chi connectivity index (χ1n) is 9.84. The zero-order valence-electron chi connectivity index (χ0n) is 16.8. The molecule has 1 aliphatic rings. The number of furan rings is 1. The molecule has 0 bridgehead atoms. The number of Topliss-reactive ketones (excluding diaryl/α,β-unsaturated/α-hetero) is 1. The summed E-state index contributed by atoms with van der Waals surface area (Å²) in [5.74, 6) is 0.185. The van der Waals surface area contributed by atoms with Crippen LogP contribution in [0.15, 0.2) is 57.4 Å². The molecule has 0 unspecified atom stereocenters. The fourth-order valence-electron chi connectivity index (χ4n) is 3.67. The molecule has 0 amide bonds. The predicted molar refractivity (Wildman–Crippen MR) is 108 cm³/mol. The smallest absolute Gasteiger partial charge is 0.416 e. The standard InChI is InChI=1S/C21H21F3N4O2S/c1-27-13-25-26-20(27)31-18-8-7-17(30-18)12-28-9-3-5-15(11-28)19(29)14-4-2-6-16(10-14)21(22,23)24/h2,4,6-8,10,13,15H,3,5,9,11-12H2,1H3/t15-/m1/s1. The van der Waals surface area contributed by atoms with Gasteiger partial charge in [0.1, 0.15) is 12.1 Å². The van der Waals surface area contributed by atoms with Crippen molar-refractivity contribution in [3.05, 3.63) is 59.6 Å². The molecule has 1 aliphatic heterocycles. The second-order valence-corrected chi connectivity index (χ2v) is 8.54.